The molecular formula is C10H11NO3. The smallest absolute Gasteiger partial charge is 0.409 e. The van der Waals surface area contributed by atoms with Crippen LogP contribution < -0.4 is 5.32 Å². The van der Waals surface area contributed by atoms with Crippen LogP contribution in [0.1, 0.15) is 17.5 Å². The summed E-state index contributed by atoms with van der Waals surface area (Å²) in [5.74, 6) is 0.00745. The molecule has 4 heteroatoms. The summed E-state index contributed by atoms with van der Waals surface area (Å²) in [6, 6.07) is 3.36. The molecule has 0 heterocycles. The number of anilines is 1. The Bertz CT molecular complexity index is 387. The number of amides is 1. The molecule has 1 aliphatic carbocycles. The molecule has 0 aromatic heterocycles. The van der Waals surface area contributed by atoms with Crippen LogP contribution in [0, 0.1) is 0 Å². The lowest BCUT2D eigenvalue weighted by atomic mass is 10.1. The normalized spacial score (nSPS) is 13.7. The predicted molar refractivity (Wildman–Crippen MR) is 51.8 cm³/mol. The van der Waals surface area contributed by atoms with Crippen LogP contribution in [0.15, 0.2) is 12.1 Å². The minimum absolute atomic E-state index is 0.00745. The highest BCUT2D eigenvalue weighted by atomic mass is 16.4. The predicted octanol–water partition coefficient (Wildman–Crippen LogP) is 1.97. The SMILES string of the molecule is O=C(O)Nc1cc2c(cc1O)CCC2. The van der Waals surface area contributed by atoms with Crippen molar-refractivity contribution in [3.8, 4) is 5.75 Å². The van der Waals surface area contributed by atoms with Crippen LogP contribution in [-0.2, 0) is 12.8 Å². The molecule has 0 spiro atoms. The van der Waals surface area contributed by atoms with E-state index >= 15 is 0 Å². The number of phenols is 1. The van der Waals surface area contributed by atoms with Gasteiger partial charge in [-0.3, -0.25) is 5.32 Å². The third-order valence-corrected chi connectivity index (χ3v) is 2.45. The van der Waals surface area contributed by atoms with E-state index < -0.39 is 6.09 Å². The molecule has 74 valence electrons. The van der Waals surface area contributed by atoms with Crippen molar-refractivity contribution in [3.63, 3.8) is 0 Å². The summed E-state index contributed by atoms with van der Waals surface area (Å²) in [4.78, 5) is 10.4. The molecule has 0 atom stereocenters. The number of hydrogen-bond acceptors (Lipinski definition) is 2. The molecule has 0 fully saturated rings. The maximum Gasteiger partial charge on any atom is 0.409 e. The summed E-state index contributed by atoms with van der Waals surface area (Å²) in [6.45, 7) is 0. The highest BCUT2D eigenvalue weighted by molar-refractivity contribution is 5.85. The zero-order chi connectivity index (χ0) is 10.1. The van der Waals surface area contributed by atoms with Crippen molar-refractivity contribution >= 4 is 11.8 Å². The number of carboxylic acid groups (broad SMARTS) is 1. The minimum atomic E-state index is -1.15. The lowest BCUT2D eigenvalue weighted by molar-refractivity contribution is 0.209. The van der Waals surface area contributed by atoms with Crippen LogP contribution in [0.4, 0.5) is 10.5 Å². The maximum atomic E-state index is 10.4. The Morgan fingerprint density at radius 2 is 1.93 bits per heavy atom. The van der Waals surface area contributed by atoms with E-state index in [0.29, 0.717) is 0 Å². The second kappa shape index (κ2) is 3.21. The van der Waals surface area contributed by atoms with Crippen molar-refractivity contribution in [1.29, 1.82) is 0 Å². The minimum Gasteiger partial charge on any atom is -0.506 e. The maximum absolute atomic E-state index is 10.4. The highest BCUT2D eigenvalue weighted by Gasteiger charge is 2.15. The van der Waals surface area contributed by atoms with Crippen molar-refractivity contribution in [2.45, 2.75) is 19.3 Å². The monoisotopic (exact) mass is 193 g/mol. The Morgan fingerprint density at radius 3 is 2.57 bits per heavy atom. The van der Waals surface area contributed by atoms with Gasteiger partial charge in [-0.25, -0.2) is 4.79 Å². The van der Waals surface area contributed by atoms with E-state index in [-0.39, 0.29) is 11.4 Å². The molecule has 4 nitrogen and oxygen atoms in total. The zero-order valence-corrected chi connectivity index (χ0v) is 7.58. The molecule has 0 aliphatic heterocycles. The molecule has 1 aliphatic rings. The third-order valence-electron chi connectivity index (χ3n) is 2.45. The zero-order valence-electron chi connectivity index (χ0n) is 7.58. The quantitative estimate of drug-likeness (QED) is 0.597. The molecule has 0 radical (unpaired) electrons. The van der Waals surface area contributed by atoms with Gasteiger partial charge in [-0.1, -0.05) is 0 Å². The average molecular weight is 193 g/mol. The topological polar surface area (TPSA) is 69.6 Å². The fraction of sp³-hybridized carbons (Fsp3) is 0.300. The van der Waals surface area contributed by atoms with E-state index in [9.17, 15) is 9.90 Å². The first kappa shape index (κ1) is 8.87. The summed E-state index contributed by atoms with van der Waals surface area (Å²) in [5.41, 5.74) is 2.53. The molecular weight excluding hydrogens is 182 g/mol. The number of fused-ring (bicyclic) bond motifs is 1. The molecule has 14 heavy (non-hydrogen) atoms. The van der Waals surface area contributed by atoms with Crippen molar-refractivity contribution in [1.82, 2.24) is 0 Å². The second-order valence-corrected chi connectivity index (χ2v) is 3.42. The Balaban J connectivity index is 2.37. The number of carbonyl (C=O) groups is 1. The Morgan fingerprint density at radius 1 is 1.29 bits per heavy atom. The second-order valence-electron chi connectivity index (χ2n) is 3.42. The number of rotatable bonds is 1. The van der Waals surface area contributed by atoms with Gasteiger partial charge in [0.2, 0.25) is 0 Å². The van der Waals surface area contributed by atoms with Gasteiger partial charge >= 0.3 is 6.09 Å². The van der Waals surface area contributed by atoms with Gasteiger partial charge in [-0.2, -0.15) is 0 Å². The number of aryl methyl sites for hydroxylation is 2. The van der Waals surface area contributed by atoms with Crippen LogP contribution in [0.25, 0.3) is 0 Å². The van der Waals surface area contributed by atoms with Gasteiger partial charge in [0.25, 0.3) is 0 Å². The number of aromatic hydroxyl groups is 1. The van der Waals surface area contributed by atoms with Crippen LogP contribution in [0.5, 0.6) is 5.75 Å². The Hall–Kier alpha value is -1.71. The highest BCUT2D eigenvalue weighted by Crippen LogP contribution is 2.32. The molecule has 3 N–H and O–H groups in total. The van der Waals surface area contributed by atoms with Crippen LogP contribution in [0.3, 0.4) is 0 Å². The number of hydrogen-bond donors (Lipinski definition) is 3. The van der Waals surface area contributed by atoms with Gasteiger partial charge in [0, 0.05) is 0 Å². The van der Waals surface area contributed by atoms with Crippen LogP contribution >= 0.6 is 0 Å². The first-order valence-electron chi connectivity index (χ1n) is 4.51. The number of benzene rings is 1. The first-order valence-corrected chi connectivity index (χ1v) is 4.51. The molecule has 1 aromatic carbocycles. The molecule has 1 amide bonds. The van der Waals surface area contributed by atoms with Crippen molar-refractivity contribution < 1.29 is 15.0 Å². The molecule has 2 rings (SSSR count). The van der Waals surface area contributed by atoms with Gasteiger partial charge in [0.15, 0.2) is 0 Å². The van der Waals surface area contributed by atoms with Gasteiger partial charge < -0.3 is 10.2 Å². The van der Waals surface area contributed by atoms with Crippen LogP contribution in [-0.4, -0.2) is 16.3 Å². The Labute approximate surface area is 81.2 Å². The molecule has 1 aromatic rings. The summed E-state index contributed by atoms with van der Waals surface area (Å²) in [6.07, 6.45) is 1.85. The van der Waals surface area contributed by atoms with Gasteiger partial charge in [0.05, 0.1) is 5.69 Å². The fourth-order valence-corrected chi connectivity index (χ4v) is 1.83. The van der Waals surface area contributed by atoms with Crippen LogP contribution in [0.2, 0.25) is 0 Å². The Kier molecular flexibility index (Phi) is 2.04. The van der Waals surface area contributed by atoms with Crippen molar-refractivity contribution in [2.24, 2.45) is 0 Å². The summed E-state index contributed by atoms with van der Waals surface area (Å²) < 4.78 is 0. The lowest BCUT2D eigenvalue weighted by Gasteiger charge is -2.07. The number of phenolic OH excluding ortho intramolecular Hbond substituents is 1. The summed E-state index contributed by atoms with van der Waals surface area (Å²) in [7, 11) is 0. The average Bonchev–Trinajstić information content (AvgIpc) is 2.51. The van der Waals surface area contributed by atoms with Crippen molar-refractivity contribution in [3.05, 3.63) is 23.3 Å². The lowest BCUT2D eigenvalue weighted by Crippen LogP contribution is -2.07. The standard InChI is InChI=1S/C10H11NO3/c12-9-5-7-3-1-2-6(7)4-8(9)11-10(13)14/h4-5,11-12H,1-3H2,(H,13,14). The summed E-state index contributed by atoms with van der Waals surface area (Å²) >= 11 is 0. The van der Waals surface area contributed by atoms with E-state index in [1.165, 1.54) is 0 Å². The van der Waals surface area contributed by atoms with Gasteiger partial charge in [-0.15, -0.1) is 0 Å². The van der Waals surface area contributed by atoms with Gasteiger partial charge in [-0.05, 0) is 42.5 Å². The van der Waals surface area contributed by atoms with E-state index in [4.69, 9.17) is 5.11 Å². The van der Waals surface area contributed by atoms with E-state index in [1.807, 2.05) is 0 Å². The fourth-order valence-electron chi connectivity index (χ4n) is 1.83. The molecule has 0 saturated heterocycles. The third kappa shape index (κ3) is 1.51. The van der Waals surface area contributed by atoms with E-state index in [0.717, 1.165) is 30.4 Å². The number of nitrogens with one attached hydrogen (secondary N) is 1. The molecule has 0 unspecified atom stereocenters. The molecule has 0 saturated carbocycles. The van der Waals surface area contributed by atoms with Gasteiger partial charge in [0.1, 0.15) is 5.75 Å². The van der Waals surface area contributed by atoms with E-state index in [1.54, 1.807) is 12.1 Å². The first-order chi connectivity index (χ1) is 6.66. The largest absolute Gasteiger partial charge is 0.506 e. The summed E-state index contributed by atoms with van der Waals surface area (Å²) in [5, 5.41) is 20.2. The van der Waals surface area contributed by atoms with E-state index in [2.05, 4.69) is 5.32 Å². The van der Waals surface area contributed by atoms with Crippen molar-refractivity contribution in [2.75, 3.05) is 5.32 Å². The molecule has 0 bridgehead atoms.